The standard InChI is InChI=1S/C14H17N3/c1-2-5-12(16)10-17-9-11-6-3-4-7-13(11)14(17)8-15/h3-4,6-7,9,12H,2,5,10,16H2,1H3. The van der Waals surface area contributed by atoms with E-state index in [1.54, 1.807) is 0 Å². The van der Waals surface area contributed by atoms with Gasteiger partial charge in [-0.3, -0.25) is 0 Å². The van der Waals surface area contributed by atoms with Gasteiger partial charge in [0.15, 0.2) is 0 Å². The van der Waals surface area contributed by atoms with Crippen LogP contribution < -0.4 is 5.73 Å². The van der Waals surface area contributed by atoms with Crippen molar-refractivity contribution in [3.63, 3.8) is 0 Å². The van der Waals surface area contributed by atoms with Crippen LogP contribution in [0.25, 0.3) is 10.8 Å². The first-order valence-electron chi connectivity index (χ1n) is 5.99. The molecule has 0 bridgehead atoms. The number of fused-ring (bicyclic) bond motifs is 1. The fraction of sp³-hybridized carbons (Fsp3) is 0.357. The summed E-state index contributed by atoms with van der Waals surface area (Å²) >= 11 is 0. The number of hydrogen-bond donors (Lipinski definition) is 1. The number of hydrogen-bond acceptors (Lipinski definition) is 2. The molecule has 1 heterocycles. The lowest BCUT2D eigenvalue weighted by atomic mass is 10.2. The number of nitriles is 1. The monoisotopic (exact) mass is 227 g/mol. The summed E-state index contributed by atoms with van der Waals surface area (Å²) in [4.78, 5) is 0. The van der Waals surface area contributed by atoms with E-state index in [1.165, 1.54) is 0 Å². The van der Waals surface area contributed by atoms with Gasteiger partial charge in [-0.2, -0.15) is 5.26 Å². The van der Waals surface area contributed by atoms with Gasteiger partial charge < -0.3 is 10.3 Å². The van der Waals surface area contributed by atoms with Crippen LogP contribution in [0.2, 0.25) is 0 Å². The van der Waals surface area contributed by atoms with E-state index >= 15 is 0 Å². The molecule has 0 amide bonds. The first-order chi connectivity index (χ1) is 8.26. The Hall–Kier alpha value is -1.79. The lowest BCUT2D eigenvalue weighted by Gasteiger charge is -2.11. The molecular weight excluding hydrogens is 210 g/mol. The van der Waals surface area contributed by atoms with Gasteiger partial charge in [0.25, 0.3) is 0 Å². The molecule has 0 aliphatic carbocycles. The molecule has 1 aromatic heterocycles. The topological polar surface area (TPSA) is 54.7 Å². The summed E-state index contributed by atoms with van der Waals surface area (Å²) in [6.45, 7) is 2.84. The van der Waals surface area contributed by atoms with Gasteiger partial charge in [0.2, 0.25) is 0 Å². The van der Waals surface area contributed by atoms with Gasteiger partial charge in [-0.15, -0.1) is 0 Å². The van der Waals surface area contributed by atoms with E-state index in [2.05, 4.69) is 13.0 Å². The first-order valence-corrected chi connectivity index (χ1v) is 5.99. The molecule has 1 aromatic carbocycles. The van der Waals surface area contributed by atoms with Crippen LogP contribution in [0, 0.1) is 11.3 Å². The third-order valence-electron chi connectivity index (χ3n) is 2.99. The second kappa shape index (κ2) is 5.03. The van der Waals surface area contributed by atoms with E-state index in [0.717, 1.165) is 23.6 Å². The molecule has 1 atom stereocenters. The second-order valence-corrected chi connectivity index (χ2v) is 4.38. The molecule has 0 saturated heterocycles. The number of rotatable bonds is 4. The van der Waals surface area contributed by atoms with E-state index in [9.17, 15) is 5.26 Å². The average Bonchev–Trinajstić information content (AvgIpc) is 2.66. The maximum atomic E-state index is 9.24. The molecule has 17 heavy (non-hydrogen) atoms. The van der Waals surface area contributed by atoms with Crippen molar-refractivity contribution in [1.29, 1.82) is 5.26 Å². The summed E-state index contributed by atoms with van der Waals surface area (Å²) in [6, 6.07) is 10.3. The molecule has 0 saturated carbocycles. The van der Waals surface area contributed by atoms with E-state index in [1.807, 2.05) is 35.0 Å². The highest BCUT2D eigenvalue weighted by molar-refractivity contribution is 5.87. The minimum Gasteiger partial charge on any atom is -0.337 e. The third kappa shape index (κ3) is 2.32. The summed E-state index contributed by atoms with van der Waals surface area (Å²) in [5.41, 5.74) is 6.75. The Labute approximate surface area is 101 Å². The molecule has 88 valence electrons. The third-order valence-corrected chi connectivity index (χ3v) is 2.99. The lowest BCUT2D eigenvalue weighted by molar-refractivity contribution is 0.514. The predicted octanol–water partition coefficient (Wildman–Crippen LogP) is 2.64. The molecule has 0 spiro atoms. The predicted molar refractivity (Wildman–Crippen MR) is 69.5 cm³/mol. The summed E-state index contributed by atoms with van der Waals surface area (Å²) in [5, 5.41) is 11.4. The van der Waals surface area contributed by atoms with Crippen molar-refractivity contribution in [3.8, 4) is 6.07 Å². The summed E-state index contributed by atoms with van der Waals surface area (Å²) in [7, 11) is 0. The largest absolute Gasteiger partial charge is 0.337 e. The SMILES string of the molecule is CCCC(N)Cn1cc2ccccc2c1C#N. The van der Waals surface area contributed by atoms with E-state index in [4.69, 9.17) is 5.73 Å². The van der Waals surface area contributed by atoms with E-state index in [-0.39, 0.29) is 6.04 Å². The molecule has 0 aliphatic rings. The van der Waals surface area contributed by atoms with Gasteiger partial charge in [-0.25, -0.2) is 0 Å². The van der Waals surface area contributed by atoms with E-state index in [0.29, 0.717) is 12.2 Å². The second-order valence-electron chi connectivity index (χ2n) is 4.38. The molecule has 2 aromatic rings. The maximum Gasteiger partial charge on any atom is 0.128 e. The highest BCUT2D eigenvalue weighted by atomic mass is 15.0. The zero-order valence-corrected chi connectivity index (χ0v) is 10.1. The van der Waals surface area contributed by atoms with Crippen molar-refractivity contribution in [1.82, 2.24) is 4.57 Å². The van der Waals surface area contributed by atoms with Crippen molar-refractivity contribution < 1.29 is 0 Å². The van der Waals surface area contributed by atoms with Gasteiger partial charge in [-0.1, -0.05) is 37.6 Å². The number of nitrogens with zero attached hydrogens (tertiary/aromatic N) is 2. The normalized spacial score (nSPS) is 12.5. The Morgan fingerprint density at radius 3 is 2.88 bits per heavy atom. The van der Waals surface area contributed by atoms with Crippen LogP contribution in [0.5, 0.6) is 0 Å². The van der Waals surface area contributed by atoms with Gasteiger partial charge in [-0.05, 0) is 6.42 Å². The molecule has 1 unspecified atom stereocenters. The van der Waals surface area contributed by atoms with Gasteiger partial charge in [0, 0.05) is 29.6 Å². The quantitative estimate of drug-likeness (QED) is 0.873. The molecule has 3 nitrogen and oxygen atoms in total. The van der Waals surface area contributed by atoms with Gasteiger partial charge in [0.05, 0.1) is 0 Å². The van der Waals surface area contributed by atoms with Crippen molar-refractivity contribution in [2.45, 2.75) is 32.4 Å². The molecular formula is C14H17N3. The van der Waals surface area contributed by atoms with Crippen LogP contribution in [0.15, 0.2) is 30.5 Å². The van der Waals surface area contributed by atoms with Crippen LogP contribution in [0.4, 0.5) is 0 Å². The van der Waals surface area contributed by atoms with Crippen LogP contribution >= 0.6 is 0 Å². The average molecular weight is 227 g/mol. The molecule has 2 N–H and O–H groups in total. The van der Waals surface area contributed by atoms with Crippen LogP contribution in [0.1, 0.15) is 25.5 Å². The minimum atomic E-state index is 0.119. The minimum absolute atomic E-state index is 0.119. The molecule has 2 rings (SSSR count). The Morgan fingerprint density at radius 1 is 1.41 bits per heavy atom. The van der Waals surface area contributed by atoms with Gasteiger partial charge >= 0.3 is 0 Å². The lowest BCUT2D eigenvalue weighted by Crippen LogP contribution is -2.26. The summed E-state index contributed by atoms with van der Waals surface area (Å²) in [5.74, 6) is 0. The first kappa shape index (κ1) is 11.7. The Kier molecular flexibility index (Phi) is 3.46. The highest BCUT2D eigenvalue weighted by Gasteiger charge is 2.10. The summed E-state index contributed by atoms with van der Waals surface area (Å²) < 4.78 is 1.98. The molecule has 3 heteroatoms. The van der Waals surface area contributed by atoms with Crippen molar-refractivity contribution in [2.24, 2.45) is 5.73 Å². The number of benzene rings is 1. The summed E-state index contributed by atoms with van der Waals surface area (Å²) in [6.07, 6.45) is 4.08. The molecule has 0 radical (unpaired) electrons. The Morgan fingerprint density at radius 2 is 2.18 bits per heavy atom. The number of nitrogens with two attached hydrogens (primary N) is 1. The smallest absolute Gasteiger partial charge is 0.128 e. The zero-order chi connectivity index (χ0) is 12.3. The molecule has 0 fully saturated rings. The Balaban J connectivity index is 2.37. The van der Waals surface area contributed by atoms with Gasteiger partial charge in [0.1, 0.15) is 11.8 Å². The number of aromatic nitrogens is 1. The molecule has 0 aliphatic heterocycles. The fourth-order valence-corrected chi connectivity index (χ4v) is 2.20. The highest BCUT2D eigenvalue weighted by Crippen LogP contribution is 2.20. The van der Waals surface area contributed by atoms with Crippen LogP contribution in [-0.2, 0) is 6.54 Å². The van der Waals surface area contributed by atoms with E-state index < -0.39 is 0 Å². The fourth-order valence-electron chi connectivity index (χ4n) is 2.20. The Bertz CT molecular complexity index is 548. The van der Waals surface area contributed by atoms with Crippen molar-refractivity contribution in [3.05, 3.63) is 36.2 Å². The zero-order valence-electron chi connectivity index (χ0n) is 10.1. The maximum absolute atomic E-state index is 9.24. The van der Waals surface area contributed by atoms with Crippen molar-refractivity contribution in [2.75, 3.05) is 0 Å². The van der Waals surface area contributed by atoms with Crippen LogP contribution in [0.3, 0.4) is 0 Å². The van der Waals surface area contributed by atoms with Crippen LogP contribution in [-0.4, -0.2) is 10.6 Å². The van der Waals surface area contributed by atoms with Crippen molar-refractivity contribution >= 4 is 10.8 Å².